The Hall–Kier alpha value is -0.610. The first-order chi connectivity index (χ1) is 4.75. The molecule has 1 N–H and O–H groups in total. The van der Waals surface area contributed by atoms with E-state index in [1.54, 1.807) is 7.11 Å². The first kappa shape index (κ1) is 7.50. The number of aromatic nitrogens is 2. The summed E-state index contributed by atoms with van der Waals surface area (Å²) >= 11 is 4.94. The third-order valence-corrected chi connectivity index (χ3v) is 1.78. The van der Waals surface area contributed by atoms with Crippen LogP contribution in [0.25, 0.3) is 0 Å². The summed E-state index contributed by atoms with van der Waals surface area (Å²) in [4.78, 5) is 2.92. The molecule has 0 atom stereocenters. The molecule has 0 aromatic carbocycles. The van der Waals surface area contributed by atoms with E-state index in [4.69, 9.17) is 17.0 Å². The predicted octanol–water partition coefficient (Wildman–Crippen LogP) is 1.23. The van der Waals surface area contributed by atoms with E-state index in [1.165, 1.54) is 0 Å². The highest BCUT2D eigenvalue weighted by molar-refractivity contribution is 7.71. The van der Waals surface area contributed by atoms with Crippen LogP contribution in [-0.2, 0) is 18.4 Å². The lowest BCUT2D eigenvalue weighted by Crippen LogP contribution is -1.96. The standard InChI is InChI=1S/C6H10N2OS/c1-8-5(4-9-2)3-7-6(8)10/h3H,4H2,1-2H3,(H,7,10). The number of aromatic amines is 1. The van der Waals surface area contributed by atoms with Crippen molar-refractivity contribution in [3.05, 3.63) is 16.7 Å². The molecule has 0 saturated heterocycles. The van der Waals surface area contributed by atoms with E-state index in [-0.39, 0.29) is 0 Å². The Morgan fingerprint density at radius 3 is 2.90 bits per heavy atom. The molecule has 1 heterocycles. The number of nitrogens with one attached hydrogen (secondary N) is 1. The van der Waals surface area contributed by atoms with Gasteiger partial charge in [-0.3, -0.25) is 0 Å². The van der Waals surface area contributed by atoms with Gasteiger partial charge in [-0.05, 0) is 12.2 Å². The topological polar surface area (TPSA) is 29.9 Å². The first-order valence-corrected chi connectivity index (χ1v) is 3.38. The van der Waals surface area contributed by atoms with Gasteiger partial charge >= 0.3 is 0 Å². The van der Waals surface area contributed by atoms with Crippen LogP contribution in [0.1, 0.15) is 5.69 Å². The second kappa shape index (κ2) is 2.98. The van der Waals surface area contributed by atoms with Crippen LogP contribution in [0, 0.1) is 4.77 Å². The van der Waals surface area contributed by atoms with E-state index < -0.39 is 0 Å². The van der Waals surface area contributed by atoms with Crippen molar-refractivity contribution in [2.24, 2.45) is 7.05 Å². The van der Waals surface area contributed by atoms with Gasteiger partial charge in [0.05, 0.1) is 12.3 Å². The van der Waals surface area contributed by atoms with Gasteiger partial charge < -0.3 is 14.3 Å². The smallest absolute Gasteiger partial charge is 0.177 e. The van der Waals surface area contributed by atoms with Crippen molar-refractivity contribution in [2.75, 3.05) is 7.11 Å². The van der Waals surface area contributed by atoms with E-state index in [0.717, 1.165) is 10.5 Å². The number of rotatable bonds is 2. The summed E-state index contributed by atoms with van der Waals surface area (Å²) in [6.07, 6.45) is 1.85. The second-order valence-corrected chi connectivity index (χ2v) is 2.46. The monoisotopic (exact) mass is 158 g/mol. The van der Waals surface area contributed by atoms with Crippen LogP contribution in [0.5, 0.6) is 0 Å². The quantitative estimate of drug-likeness (QED) is 0.656. The molecule has 4 heteroatoms. The highest BCUT2D eigenvalue weighted by Gasteiger charge is 1.96. The molecule has 56 valence electrons. The summed E-state index contributed by atoms with van der Waals surface area (Å²) in [5.41, 5.74) is 1.06. The molecule has 1 aromatic rings. The van der Waals surface area contributed by atoms with Gasteiger partial charge in [0.15, 0.2) is 4.77 Å². The molecule has 0 aliphatic rings. The molecule has 0 spiro atoms. The lowest BCUT2D eigenvalue weighted by atomic mass is 10.5. The van der Waals surface area contributed by atoms with Crippen LogP contribution in [0.2, 0.25) is 0 Å². The van der Waals surface area contributed by atoms with Crippen molar-refractivity contribution < 1.29 is 4.74 Å². The summed E-state index contributed by atoms with van der Waals surface area (Å²) in [6.45, 7) is 0.601. The van der Waals surface area contributed by atoms with Gasteiger partial charge in [0.1, 0.15) is 0 Å². The highest BCUT2D eigenvalue weighted by Crippen LogP contribution is 1.98. The van der Waals surface area contributed by atoms with Crippen LogP contribution >= 0.6 is 12.2 Å². The molecule has 0 aliphatic carbocycles. The van der Waals surface area contributed by atoms with E-state index >= 15 is 0 Å². The van der Waals surface area contributed by atoms with Gasteiger partial charge in [-0.25, -0.2) is 0 Å². The van der Waals surface area contributed by atoms with Crippen LogP contribution in [-0.4, -0.2) is 16.7 Å². The van der Waals surface area contributed by atoms with Gasteiger partial charge in [0.2, 0.25) is 0 Å². The Morgan fingerprint density at radius 1 is 1.80 bits per heavy atom. The minimum absolute atomic E-state index is 0.601. The van der Waals surface area contributed by atoms with E-state index in [0.29, 0.717) is 6.61 Å². The second-order valence-electron chi connectivity index (χ2n) is 2.08. The Balaban J connectivity index is 2.94. The fraction of sp³-hybridized carbons (Fsp3) is 0.500. The minimum atomic E-state index is 0.601. The third kappa shape index (κ3) is 1.27. The van der Waals surface area contributed by atoms with Crippen molar-refractivity contribution in [1.82, 2.24) is 9.55 Å². The maximum absolute atomic E-state index is 4.94. The maximum atomic E-state index is 4.94. The number of imidazole rings is 1. The number of ether oxygens (including phenoxy) is 1. The molecule has 10 heavy (non-hydrogen) atoms. The minimum Gasteiger partial charge on any atom is -0.378 e. The van der Waals surface area contributed by atoms with E-state index in [9.17, 15) is 0 Å². The fourth-order valence-electron chi connectivity index (χ4n) is 0.755. The molecular weight excluding hydrogens is 148 g/mol. The zero-order valence-corrected chi connectivity index (χ0v) is 6.86. The zero-order valence-electron chi connectivity index (χ0n) is 6.05. The SMILES string of the molecule is COCc1c[nH]c(=S)n1C. The van der Waals surface area contributed by atoms with E-state index in [2.05, 4.69) is 4.98 Å². The molecule has 1 rings (SSSR count). The lowest BCUT2D eigenvalue weighted by Gasteiger charge is -1.97. The summed E-state index contributed by atoms with van der Waals surface area (Å²) in [7, 11) is 3.57. The average Bonchev–Trinajstić information content (AvgIpc) is 2.20. The van der Waals surface area contributed by atoms with Crippen LogP contribution in [0.15, 0.2) is 6.20 Å². The van der Waals surface area contributed by atoms with Gasteiger partial charge in [-0.15, -0.1) is 0 Å². The van der Waals surface area contributed by atoms with Crippen molar-refractivity contribution in [3.63, 3.8) is 0 Å². The molecular formula is C6H10N2OS. The molecule has 0 saturated carbocycles. The fourth-order valence-corrected chi connectivity index (χ4v) is 0.932. The summed E-state index contributed by atoms with van der Waals surface area (Å²) in [5, 5.41) is 0. The van der Waals surface area contributed by atoms with Crippen molar-refractivity contribution in [2.45, 2.75) is 6.61 Å². The Kier molecular flexibility index (Phi) is 2.24. The lowest BCUT2D eigenvalue weighted by molar-refractivity contribution is 0.179. The summed E-state index contributed by atoms with van der Waals surface area (Å²) < 4.78 is 7.55. The number of H-pyrrole nitrogens is 1. The molecule has 0 aliphatic heterocycles. The summed E-state index contributed by atoms with van der Waals surface area (Å²) in [6, 6.07) is 0. The number of hydrogen-bond acceptors (Lipinski definition) is 2. The molecule has 0 bridgehead atoms. The van der Waals surface area contributed by atoms with Gasteiger partial charge in [0.25, 0.3) is 0 Å². The van der Waals surface area contributed by atoms with Crippen LogP contribution < -0.4 is 0 Å². The van der Waals surface area contributed by atoms with Gasteiger partial charge in [-0.2, -0.15) is 0 Å². The Labute approximate surface area is 64.6 Å². The molecule has 3 nitrogen and oxygen atoms in total. The van der Waals surface area contributed by atoms with Crippen LogP contribution in [0.4, 0.5) is 0 Å². The molecule has 0 unspecified atom stereocenters. The van der Waals surface area contributed by atoms with Crippen molar-refractivity contribution in [1.29, 1.82) is 0 Å². The normalized spacial score (nSPS) is 10.2. The molecule has 0 amide bonds. The van der Waals surface area contributed by atoms with Crippen molar-refractivity contribution >= 4 is 12.2 Å². The summed E-state index contributed by atoms with van der Waals surface area (Å²) in [5.74, 6) is 0. The molecule has 1 aromatic heterocycles. The Morgan fingerprint density at radius 2 is 2.50 bits per heavy atom. The Bertz CT molecular complexity index is 263. The maximum Gasteiger partial charge on any atom is 0.177 e. The third-order valence-electron chi connectivity index (χ3n) is 1.39. The first-order valence-electron chi connectivity index (χ1n) is 2.98. The number of methoxy groups -OCH3 is 1. The zero-order chi connectivity index (χ0) is 7.56. The van der Waals surface area contributed by atoms with Crippen LogP contribution in [0.3, 0.4) is 0 Å². The van der Waals surface area contributed by atoms with E-state index in [1.807, 2.05) is 17.8 Å². The number of nitrogens with zero attached hydrogens (tertiary/aromatic N) is 1. The van der Waals surface area contributed by atoms with Crippen molar-refractivity contribution in [3.8, 4) is 0 Å². The average molecular weight is 158 g/mol. The molecule has 0 radical (unpaired) electrons. The van der Waals surface area contributed by atoms with Gasteiger partial charge in [-0.1, -0.05) is 0 Å². The highest BCUT2D eigenvalue weighted by atomic mass is 32.1. The van der Waals surface area contributed by atoms with Gasteiger partial charge in [0, 0.05) is 20.4 Å². The molecule has 0 fully saturated rings. The largest absolute Gasteiger partial charge is 0.378 e. The number of hydrogen-bond donors (Lipinski definition) is 1. The predicted molar refractivity (Wildman–Crippen MR) is 41.3 cm³/mol.